The Kier molecular flexibility index (Phi) is 4.24. The van der Waals surface area contributed by atoms with Crippen LogP contribution in [0.1, 0.15) is 19.8 Å². The summed E-state index contributed by atoms with van der Waals surface area (Å²) in [6, 6.07) is 12.9. The number of aromatic nitrogens is 1. The monoisotopic (exact) mass is 299 g/mol. The molecule has 2 aromatic rings. The lowest BCUT2D eigenvalue weighted by atomic mass is 9.85. The first-order chi connectivity index (χ1) is 10.7. The molecule has 1 aliphatic rings. The number of fused-ring (bicyclic) bond motifs is 1. The van der Waals surface area contributed by atoms with Gasteiger partial charge in [0.1, 0.15) is 5.82 Å². The van der Waals surface area contributed by atoms with Crippen molar-refractivity contribution in [3.05, 3.63) is 36.4 Å². The Labute approximate surface area is 130 Å². The van der Waals surface area contributed by atoms with E-state index in [0.29, 0.717) is 12.1 Å². The molecule has 0 bridgehead atoms. The van der Waals surface area contributed by atoms with Gasteiger partial charge in [-0.15, -0.1) is 0 Å². The minimum absolute atomic E-state index is 0.127. The van der Waals surface area contributed by atoms with Crippen molar-refractivity contribution in [3.8, 4) is 0 Å². The van der Waals surface area contributed by atoms with Gasteiger partial charge in [0.15, 0.2) is 0 Å². The van der Waals surface area contributed by atoms with E-state index >= 15 is 0 Å². The van der Waals surface area contributed by atoms with Crippen molar-refractivity contribution < 1.29 is 9.90 Å². The second-order valence-electron chi connectivity index (χ2n) is 5.81. The number of likely N-dealkylation sites (N-methyl/N-ethyl adjacent to an activating group) is 1. The van der Waals surface area contributed by atoms with Crippen LogP contribution in [-0.2, 0) is 4.79 Å². The largest absolute Gasteiger partial charge is 0.480 e. The van der Waals surface area contributed by atoms with Crippen LogP contribution in [0.2, 0.25) is 0 Å². The minimum Gasteiger partial charge on any atom is -0.480 e. The molecule has 1 aromatic carbocycles. The molecule has 0 saturated heterocycles. The van der Waals surface area contributed by atoms with Gasteiger partial charge in [0.2, 0.25) is 0 Å². The van der Waals surface area contributed by atoms with Gasteiger partial charge < -0.3 is 10.4 Å². The maximum Gasteiger partial charge on any atom is 0.317 e. The van der Waals surface area contributed by atoms with Crippen LogP contribution in [0.15, 0.2) is 36.4 Å². The highest BCUT2D eigenvalue weighted by molar-refractivity contribution is 5.80. The third-order valence-corrected chi connectivity index (χ3v) is 4.32. The SMILES string of the molecule is CCN(CC(=O)O)C1CC(Nc2ccc3ccccc3n2)C1. The Hall–Kier alpha value is -2.14. The number of aliphatic carboxylic acids is 1. The van der Waals surface area contributed by atoms with Crippen LogP contribution >= 0.6 is 0 Å². The van der Waals surface area contributed by atoms with Gasteiger partial charge >= 0.3 is 5.97 Å². The van der Waals surface area contributed by atoms with Gasteiger partial charge in [-0.1, -0.05) is 25.1 Å². The number of carboxylic acid groups (broad SMARTS) is 1. The second kappa shape index (κ2) is 6.32. The van der Waals surface area contributed by atoms with E-state index in [9.17, 15) is 4.79 Å². The van der Waals surface area contributed by atoms with Gasteiger partial charge in [-0.2, -0.15) is 0 Å². The summed E-state index contributed by atoms with van der Waals surface area (Å²) in [7, 11) is 0. The summed E-state index contributed by atoms with van der Waals surface area (Å²) in [5.41, 5.74) is 0.990. The highest BCUT2D eigenvalue weighted by atomic mass is 16.4. The summed E-state index contributed by atoms with van der Waals surface area (Å²) in [5.74, 6) is 0.137. The quantitative estimate of drug-likeness (QED) is 0.858. The molecule has 22 heavy (non-hydrogen) atoms. The summed E-state index contributed by atoms with van der Waals surface area (Å²) < 4.78 is 0. The van der Waals surface area contributed by atoms with Gasteiger partial charge in [0.25, 0.3) is 0 Å². The molecule has 5 heteroatoms. The summed E-state index contributed by atoms with van der Waals surface area (Å²) in [6.45, 7) is 2.91. The lowest BCUT2D eigenvalue weighted by Crippen LogP contribution is -2.51. The molecule has 1 fully saturated rings. The molecule has 1 saturated carbocycles. The van der Waals surface area contributed by atoms with Crippen LogP contribution in [0.25, 0.3) is 10.9 Å². The molecular formula is C17H21N3O2. The highest BCUT2D eigenvalue weighted by Gasteiger charge is 2.33. The number of carbonyl (C=O) groups is 1. The number of nitrogens with one attached hydrogen (secondary N) is 1. The maximum atomic E-state index is 10.8. The molecule has 0 unspecified atom stereocenters. The Morgan fingerprint density at radius 1 is 1.32 bits per heavy atom. The molecule has 0 amide bonds. The molecule has 0 atom stereocenters. The summed E-state index contributed by atoms with van der Waals surface area (Å²) in [5, 5.41) is 13.5. The first-order valence-electron chi connectivity index (χ1n) is 7.74. The average Bonchev–Trinajstić information content (AvgIpc) is 2.48. The number of anilines is 1. The number of hydrogen-bond donors (Lipinski definition) is 2. The van der Waals surface area contributed by atoms with Crippen LogP contribution in [-0.4, -0.2) is 46.1 Å². The van der Waals surface area contributed by atoms with E-state index in [1.165, 1.54) is 0 Å². The zero-order valence-electron chi connectivity index (χ0n) is 12.7. The summed E-state index contributed by atoms with van der Waals surface area (Å²) in [4.78, 5) is 17.5. The topological polar surface area (TPSA) is 65.5 Å². The fourth-order valence-electron chi connectivity index (χ4n) is 3.03. The molecule has 0 spiro atoms. The average molecular weight is 299 g/mol. The number of carboxylic acids is 1. The predicted octanol–water partition coefficient (Wildman–Crippen LogP) is 2.58. The van der Waals surface area contributed by atoms with E-state index in [1.54, 1.807) is 0 Å². The lowest BCUT2D eigenvalue weighted by Gasteiger charge is -2.42. The van der Waals surface area contributed by atoms with Crippen molar-refractivity contribution in [1.29, 1.82) is 0 Å². The second-order valence-corrected chi connectivity index (χ2v) is 5.81. The van der Waals surface area contributed by atoms with Crippen molar-refractivity contribution in [2.75, 3.05) is 18.4 Å². The summed E-state index contributed by atoms with van der Waals surface area (Å²) >= 11 is 0. The molecular weight excluding hydrogens is 278 g/mol. The van der Waals surface area contributed by atoms with Gasteiger partial charge in [0.05, 0.1) is 12.1 Å². The van der Waals surface area contributed by atoms with E-state index in [4.69, 9.17) is 5.11 Å². The van der Waals surface area contributed by atoms with Crippen molar-refractivity contribution in [2.45, 2.75) is 31.8 Å². The Morgan fingerprint density at radius 3 is 2.82 bits per heavy atom. The van der Waals surface area contributed by atoms with Crippen molar-refractivity contribution in [3.63, 3.8) is 0 Å². The van der Waals surface area contributed by atoms with E-state index in [1.807, 2.05) is 36.1 Å². The zero-order valence-corrected chi connectivity index (χ0v) is 12.7. The molecule has 1 heterocycles. The van der Waals surface area contributed by atoms with Crippen LogP contribution in [0.4, 0.5) is 5.82 Å². The number of nitrogens with zero attached hydrogens (tertiary/aromatic N) is 2. The molecule has 1 aromatic heterocycles. The van der Waals surface area contributed by atoms with Crippen LogP contribution < -0.4 is 5.32 Å². The van der Waals surface area contributed by atoms with Crippen LogP contribution in [0, 0.1) is 0 Å². The molecule has 2 N–H and O–H groups in total. The molecule has 116 valence electrons. The van der Waals surface area contributed by atoms with Crippen LogP contribution in [0.5, 0.6) is 0 Å². The Morgan fingerprint density at radius 2 is 2.09 bits per heavy atom. The van der Waals surface area contributed by atoms with Crippen molar-refractivity contribution in [2.24, 2.45) is 0 Å². The fraction of sp³-hybridized carbons (Fsp3) is 0.412. The van der Waals surface area contributed by atoms with E-state index < -0.39 is 5.97 Å². The lowest BCUT2D eigenvalue weighted by molar-refractivity contribution is -0.139. The molecule has 3 rings (SSSR count). The molecule has 0 radical (unpaired) electrons. The first kappa shape index (κ1) is 14.8. The van der Waals surface area contributed by atoms with Gasteiger partial charge in [0, 0.05) is 17.5 Å². The van der Waals surface area contributed by atoms with E-state index in [-0.39, 0.29) is 6.54 Å². The van der Waals surface area contributed by atoms with Crippen molar-refractivity contribution in [1.82, 2.24) is 9.88 Å². The highest BCUT2D eigenvalue weighted by Crippen LogP contribution is 2.28. The third kappa shape index (κ3) is 3.20. The standard InChI is InChI=1S/C17H21N3O2/c1-2-20(11-17(21)22)14-9-13(10-14)18-16-8-7-12-5-3-4-6-15(12)19-16/h3-8,13-14H,2,9-11H2,1H3,(H,18,19)(H,21,22). The predicted molar refractivity (Wildman–Crippen MR) is 87.1 cm³/mol. The van der Waals surface area contributed by atoms with E-state index in [0.717, 1.165) is 36.1 Å². The fourth-order valence-corrected chi connectivity index (χ4v) is 3.03. The maximum absolute atomic E-state index is 10.8. The van der Waals surface area contributed by atoms with Gasteiger partial charge in [-0.25, -0.2) is 4.98 Å². The zero-order chi connectivity index (χ0) is 15.5. The minimum atomic E-state index is -0.755. The van der Waals surface area contributed by atoms with E-state index in [2.05, 4.69) is 22.4 Å². The van der Waals surface area contributed by atoms with Crippen molar-refractivity contribution >= 4 is 22.7 Å². The number of rotatable bonds is 6. The smallest absolute Gasteiger partial charge is 0.317 e. The number of benzene rings is 1. The first-order valence-corrected chi connectivity index (χ1v) is 7.74. The molecule has 1 aliphatic carbocycles. The normalized spacial score (nSPS) is 20.8. The van der Waals surface area contributed by atoms with Gasteiger partial charge in [-0.3, -0.25) is 9.69 Å². The molecule has 0 aliphatic heterocycles. The van der Waals surface area contributed by atoms with Crippen LogP contribution in [0.3, 0.4) is 0 Å². The van der Waals surface area contributed by atoms with Gasteiger partial charge in [-0.05, 0) is 37.6 Å². The molecule has 5 nitrogen and oxygen atoms in total. The Balaban J connectivity index is 1.57. The number of hydrogen-bond acceptors (Lipinski definition) is 4. The third-order valence-electron chi connectivity index (χ3n) is 4.32. The Bertz CT molecular complexity index is 668. The number of pyridine rings is 1. The summed E-state index contributed by atoms with van der Waals surface area (Å²) in [6.07, 6.45) is 1.94. The number of para-hydroxylation sites is 1.